The van der Waals surface area contributed by atoms with Crippen LogP contribution in [-0.4, -0.2) is 35.8 Å². The molecule has 1 saturated carbocycles. The molecule has 2 heterocycles. The van der Waals surface area contributed by atoms with Crippen molar-refractivity contribution in [2.24, 2.45) is 11.0 Å². The van der Waals surface area contributed by atoms with Crippen LogP contribution in [0.15, 0.2) is 83.6 Å². The number of carbonyl (C=O) groups is 1. The van der Waals surface area contributed by atoms with Gasteiger partial charge in [-0.25, -0.2) is 5.01 Å². The molecule has 2 aliphatic rings. The smallest absolute Gasteiger partial charge is 0.293 e. The SMILES string of the molecule is COc1ccc(/C=C2\CCC[C@H]3C2=NN(C(=O)c2ccccn2)[C@@H]3c2ccc(OC)cc2)cc1. The van der Waals surface area contributed by atoms with E-state index < -0.39 is 0 Å². The van der Waals surface area contributed by atoms with Crippen molar-refractivity contribution in [2.75, 3.05) is 14.2 Å². The third kappa shape index (κ3) is 4.19. The van der Waals surface area contributed by atoms with Crippen LogP contribution in [0.5, 0.6) is 11.5 Å². The number of amides is 1. The summed E-state index contributed by atoms with van der Waals surface area (Å²) < 4.78 is 10.6. The molecule has 2 atom stereocenters. The molecule has 172 valence electrons. The Morgan fingerprint density at radius 2 is 1.68 bits per heavy atom. The fraction of sp³-hybridized carbons (Fsp3) is 0.250. The predicted molar refractivity (Wildman–Crippen MR) is 132 cm³/mol. The molecule has 34 heavy (non-hydrogen) atoms. The third-order valence-electron chi connectivity index (χ3n) is 6.51. The normalized spacial score (nSPS) is 20.6. The molecule has 0 bridgehead atoms. The van der Waals surface area contributed by atoms with E-state index in [9.17, 15) is 4.79 Å². The minimum Gasteiger partial charge on any atom is -0.497 e. The number of fused-ring (bicyclic) bond motifs is 1. The number of rotatable bonds is 5. The van der Waals surface area contributed by atoms with Crippen LogP contribution in [-0.2, 0) is 0 Å². The van der Waals surface area contributed by atoms with Gasteiger partial charge in [-0.15, -0.1) is 0 Å². The number of carbonyl (C=O) groups excluding carboxylic acids is 1. The highest BCUT2D eigenvalue weighted by atomic mass is 16.5. The molecular weight excluding hydrogens is 426 g/mol. The first-order valence-corrected chi connectivity index (χ1v) is 11.5. The molecular formula is C28H27N3O3. The monoisotopic (exact) mass is 453 g/mol. The maximum absolute atomic E-state index is 13.5. The Morgan fingerprint density at radius 1 is 0.971 bits per heavy atom. The van der Waals surface area contributed by atoms with E-state index in [0.29, 0.717) is 5.69 Å². The molecule has 1 fully saturated rings. The molecule has 0 saturated heterocycles. The average molecular weight is 454 g/mol. The highest BCUT2D eigenvalue weighted by Gasteiger charge is 2.44. The molecule has 6 nitrogen and oxygen atoms in total. The van der Waals surface area contributed by atoms with E-state index in [0.717, 1.165) is 47.6 Å². The first-order valence-electron chi connectivity index (χ1n) is 11.5. The van der Waals surface area contributed by atoms with Crippen molar-refractivity contribution >= 4 is 17.7 Å². The molecule has 2 aromatic carbocycles. The molecule has 0 radical (unpaired) electrons. The van der Waals surface area contributed by atoms with Crippen LogP contribution in [0, 0.1) is 5.92 Å². The largest absolute Gasteiger partial charge is 0.497 e. The number of allylic oxidation sites excluding steroid dienone is 1. The number of hydrogen-bond acceptors (Lipinski definition) is 5. The van der Waals surface area contributed by atoms with Gasteiger partial charge < -0.3 is 9.47 Å². The summed E-state index contributed by atoms with van der Waals surface area (Å²) in [7, 11) is 3.32. The molecule has 6 heteroatoms. The third-order valence-corrected chi connectivity index (χ3v) is 6.51. The van der Waals surface area contributed by atoms with E-state index >= 15 is 0 Å². The maximum Gasteiger partial charge on any atom is 0.293 e. The lowest BCUT2D eigenvalue weighted by molar-refractivity contribution is 0.0675. The van der Waals surface area contributed by atoms with Crippen LogP contribution >= 0.6 is 0 Å². The number of benzene rings is 2. The van der Waals surface area contributed by atoms with Crippen LogP contribution in [0.1, 0.15) is 46.9 Å². The zero-order valence-corrected chi connectivity index (χ0v) is 19.3. The summed E-state index contributed by atoms with van der Waals surface area (Å²) in [5, 5.41) is 6.57. The van der Waals surface area contributed by atoms with Gasteiger partial charge in [0.15, 0.2) is 0 Å². The first-order chi connectivity index (χ1) is 16.7. The number of hydrazone groups is 1. The molecule has 0 N–H and O–H groups in total. The second-order valence-corrected chi connectivity index (χ2v) is 8.51. The molecule has 1 amide bonds. The molecule has 0 spiro atoms. The van der Waals surface area contributed by atoms with Gasteiger partial charge in [-0.2, -0.15) is 5.10 Å². The van der Waals surface area contributed by atoms with Gasteiger partial charge in [0.25, 0.3) is 5.91 Å². The van der Waals surface area contributed by atoms with Crippen LogP contribution in [0.2, 0.25) is 0 Å². The van der Waals surface area contributed by atoms with Crippen molar-refractivity contribution in [3.05, 3.63) is 95.3 Å². The topological polar surface area (TPSA) is 64.0 Å². The molecule has 1 aliphatic carbocycles. The number of ether oxygens (including phenoxy) is 2. The number of aromatic nitrogens is 1. The van der Waals surface area contributed by atoms with Gasteiger partial charge >= 0.3 is 0 Å². The van der Waals surface area contributed by atoms with E-state index in [1.165, 1.54) is 5.57 Å². The number of methoxy groups -OCH3 is 2. The summed E-state index contributed by atoms with van der Waals surface area (Å²) in [5.41, 5.74) is 4.70. The summed E-state index contributed by atoms with van der Waals surface area (Å²) in [6, 6.07) is 21.1. The number of pyridine rings is 1. The number of nitrogens with zero attached hydrogens (tertiary/aromatic N) is 3. The van der Waals surface area contributed by atoms with Gasteiger partial charge in [-0.3, -0.25) is 9.78 Å². The van der Waals surface area contributed by atoms with Crippen molar-refractivity contribution < 1.29 is 14.3 Å². The lowest BCUT2D eigenvalue weighted by Gasteiger charge is -2.29. The average Bonchev–Trinajstić information content (AvgIpc) is 3.30. The Balaban J connectivity index is 1.55. The predicted octanol–water partition coefficient (Wildman–Crippen LogP) is 5.54. The minimum atomic E-state index is -0.188. The highest BCUT2D eigenvalue weighted by Crippen LogP contribution is 2.45. The summed E-state index contributed by atoms with van der Waals surface area (Å²) in [6.45, 7) is 0. The summed E-state index contributed by atoms with van der Waals surface area (Å²) in [4.78, 5) is 17.8. The van der Waals surface area contributed by atoms with Crippen LogP contribution < -0.4 is 9.47 Å². The van der Waals surface area contributed by atoms with Gasteiger partial charge in [-0.1, -0.05) is 30.3 Å². The summed E-state index contributed by atoms with van der Waals surface area (Å²) >= 11 is 0. The fourth-order valence-corrected chi connectivity index (χ4v) is 4.81. The standard InChI is InChI=1S/C28H27N3O3/c1-33-22-13-9-19(10-14-22)18-21-6-5-7-24-26(21)30-31(28(32)25-8-3-4-17-29-25)27(24)20-11-15-23(34-2)16-12-20/h3-4,8-18,24,27H,5-7H2,1-2H3/b21-18+/t24-,27+/m0/s1. The highest BCUT2D eigenvalue weighted by molar-refractivity contribution is 6.09. The summed E-state index contributed by atoms with van der Waals surface area (Å²) in [5.74, 6) is 1.55. The van der Waals surface area contributed by atoms with Crippen molar-refractivity contribution in [3.8, 4) is 11.5 Å². The van der Waals surface area contributed by atoms with Gasteiger partial charge in [-0.05, 0) is 78.4 Å². The van der Waals surface area contributed by atoms with Crippen molar-refractivity contribution in [1.82, 2.24) is 9.99 Å². The Hall–Kier alpha value is -3.93. The van der Waals surface area contributed by atoms with Gasteiger partial charge in [0.1, 0.15) is 17.2 Å². The Labute approximate surface area is 199 Å². The van der Waals surface area contributed by atoms with E-state index in [2.05, 4.69) is 11.1 Å². The molecule has 1 aliphatic heterocycles. The lowest BCUT2D eigenvalue weighted by atomic mass is 9.77. The molecule has 5 rings (SSSR count). The van der Waals surface area contributed by atoms with Gasteiger partial charge in [0.2, 0.25) is 0 Å². The summed E-state index contributed by atoms with van der Waals surface area (Å²) in [6.07, 6.45) is 6.78. The zero-order chi connectivity index (χ0) is 23.5. The van der Waals surface area contributed by atoms with E-state index in [1.807, 2.05) is 60.7 Å². The van der Waals surface area contributed by atoms with Gasteiger partial charge in [0.05, 0.1) is 26.0 Å². The van der Waals surface area contributed by atoms with Crippen LogP contribution in [0.25, 0.3) is 6.08 Å². The lowest BCUT2D eigenvalue weighted by Crippen LogP contribution is -2.32. The Bertz CT molecular complexity index is 1220. The second-order valence-electron chi connectivity index (χ2n) is 8.51. The van der Waals surface area contributed by atoms with Crippen LogP contribution in [0.4, 0.5) is 0 Å². The van der Waals surface area contributed by atoms with E-state index in [4.69, 9.17) is 14.6 Å². The Kier molecular flexibility index (Phi) is 6.12. The quantitative estimate of drug-likeness (QED) is 0.509. The van der Waals surface area contributed by atoms with Crippen LogP contribution in [0.3, 0.4) is 0 Å². The van der Waals surface area contributed by atoms with Crippen molar-refractivity contribution in [2.45, 2.75) is 25.3 Å². The van der Waals surface area contributed by atoms with Gasteiger partial charge in [0, 0.05) is 12.1 Å². The minimum absolute atomic E-state index is 0.124. The molecule has 0 unspecified atom stereocenters. The molecule has 1 aromatic heterocycles. The van der Waals surface area contributed by atoms with E-state index in [-0.39, 0.29) is 17.9 Å². The fourth-order valence-electron chi connectivity index (χ4n) is 4.81. The van der Waals surface area contributed by atoms with Crippen molar-refractivity contribution in [1.29, 1.82) is 0 Å². The maximum atomic E-state index is 13.5. The molecule has 3 aromatic rings. The first kappa shape index (κ1) is 21.9. The van der Waals surface area contributed by atoms with E-state index in [1.54, 1.807) is 31.5 Å². The zero-order valence-electron chi connectivity index (χ0n) is 19.3. The number of hydrogen-bond donors (Lipinski definition) is 0. The second kappa shape index (κ2) is 9.51. The Morgan fingerprint density at radius 3 is 2.32 bits per heavy atom. The van der Waals surface area contributed by atoms with Crippen molar-refractivity contribution in [3.63, 3.8) is 0 Å².